The van der Waals surface area contributed by atoms with Crippen molar-refractivity contribution in [3.8, 4) is 0 Å². The van der Waals surface area contributed by atoms with E-state index in [-0.39, 0.29) is 18.7 Å². The van der Waals surface area contributed by atoms with E-state index in [9.17, 15) is 4.79 Å². The Bertz CT molecular complexity index is 823. The number of amidine groups is 1. The van der Waals surface area contributed by atoms with E-state index < -0.39 is 0 Å². The topological polar surface area (TPSA) is 81.2 Å². The SMILES string of the molecule is C.CCSc1cnc(C(=O)Cc2cccc([C@]3(C)CCSC(N)=N3)c2)cn1. The maximum Gasteiger partial charge on any atom is 0.187 e. The zero-order chi connectivity index (χ0) is 18.6. The molecule has 0 unspecified atom stereocenters. The van der Waals surface area contributed by atoms with Crippen LogP contribution in [-0.2, 0) is 12.0 Å². The lowest BCUT2D eigenvalue weighted by atomic mass is 9.88. The minimum Gasteiger partial charge on any atom is -0.379 e. The molecule has 0 amide bonds. The van der Waals surface area contributed by atoms with Crippen LogP contribution in [0.15, 0.2) is 46.7 Å². The van der Waals surface area contributed by atoms with E-state index in [2.05, 4.69) is 40.9 Å². The van der Waals surface area contributed by atoms with Gasteiger partial charge in [0.05, 0.1) is 17.9 Å². The summed E-state index contributed by atoms with van der Waals surface area (Å²) in [7, 11) is 0. The number of aromatic nitrogens is 2. The van der Waals surface area contributed by atoms with Gasteiger partial charge >= 0.3 is 0 Å². The number of carbonyl (C=O) groups excluding carboxylic acids is 1. The molecule has 144 valence electrons. The highest BCUT2D eigenvalue weighted by Crippen LogP contribution is 2.35. The molecule has 1 aromatic carbocycles. The van der Waals surface area contributed by atoms with Crippen molar-refractivity contribution in [2.75, 3.05) is 11.5 Å². The molecule has 0 bridgehead atoms. The number of aliphatic imine (C=N–C) groups is 1. The third-order valence-corrected chi connectivity index (χ3v) is 5.91. The largest absolute Gasteiger partial charge is 0.379 e. The van der Waals surface area contributed by atoms with E-state index in [1.54, 1.807) is 35.9 Å². The van der Waals surface area contributed by atoms with Crippen LogP contribution in [0.1, 0.15) is 49.3 Å². The molecule has 1 atom stereocenters. The van der Waals surface area contributed by atoms with Crippen LogP contribution in [-0.4, -0.2) is 32.4 Å². The van der Waals surface area contributed by atoms with Crippen LogP contribution >= 0.6 is 23.5 Å². The summed E-state index contributed by atoms with van der Waals surface area (Å²) in [6.45, 7) is 4.15. The Hall–Kier alpha value is -1.86. The van der Waals surface area contributed by atoms with Gasteiger partial charge in [0.15, 0.2) is 11.0 Å². The maximum absolute atomic E-state index is 12.5. The molecule has 2 aromatic rings. The molecule has 7 heteroatoms. The van der Waals surface area contributed by atoms with Gasteiger partial charge in [-0.05, 0) is 30.2 Å². The molecule has 0 saturated heterocycles. The van der Waals surface area contributed by atoms with Crippen LogP contribution in [0.5, 0.6) is 0 Å². The molecule has 0 saturated carbocycles. The lowest BCUT2D eigenvalue weighted by molar-refractivity contribution is 0.0987. The fourth-order valence-electron chi connectivity index (χ4n) is 2.87. The van der Waals surface area contributed by atoms with Crippen LogP contribution in [0.3, 0.4) is 0 Å². The number of thioether (sulfide) groups is 2. The first-order valence-corrected chi connectivity index (χ1v) is 10.5. The minimum atomic E-state index is -0.326. The van der Waals surface area contributed by atoms with Gasteiger partial charge in [-0.3, -0.25) is 9.79 Å². The van der Waals surface area contributed by atoms with Crippen molar-refractivity contribution in [3.05, 3.63) is 53.5 Å². The Balaban J connectivity index is 0.00000261. The Morgan fingerprint density at radius 1 is 1.33 bits per heavy atom. The second-order valence-corrected chi connectivity index (χ2v) is 8.70. The summed E-state index contributed by atoms with van der Waals surface area (Å²) in [5.41, 5.74) is 8.04. The van der Waals surface area contributed by atoms with Crippen molar-refractivity contribution in [3.63, 3.8) is 0 Å². The zero-order valence-electron chi connectivity index (χ0n) is 14.9. The summed E-state index contributed by atoms with van der Waals surface area (Å²) in [4.78, 5) is 25.7. The van der Waals surface area contributed by atoms with Crippen molar-refractivity contribution in [2.45, 2.75) is 44.7 Å². The first kappa shape index (κ1) is 21.4. The first-order valence-electron chi connectivity index (χ1n) is 8.56. The van der Waals surface area contributed by atoms with Gasteiger partial charge in [0.25, 0.3) is 0 Å². The number of hydrogen-bond acceptors (Lipinski definition) is 7. The molecule has 5 nitrogen and oxygen atoms in total. The number of rotatable bonds is 6. The molecule has 27 heavy (non-hydrogen) atoms. The predicted molar refractivity (Wildman–Crippen MR) is 116 cm³/mol. The van der Waals surface area contributed by atoms with E-state index in [1.807, 2.05) is 12.1 Å². The highest BCUT2D eigenvalue weighted by atomic mass is 32.2. The normalized spacial score (nSPS) is 19.1. The fraction of sp³-hybridized carbons (Fsp3) is 0.400. The second kappa shape index (κ2) is 9.37. The fourth-order valence-corrected chi connectivity index (χ4v) is 4.39. The highest BCUT2D eigenvalue weighted by Gasteiger charge is 2.29. The Labute approximate surface area is 169 Å². The van der Waals surface area contributed by atoms with Gasteiger partial charge in [-0.25, -0.2) is 9.97 Å². The molecular formula is C20H26N4OS2. The van der Waals surface area contributed by atoms with E-state index in [1.165, 1.54) is 0 Å². The van der Waals surface area contributed by atoms with Crippen molar-refractivity contribution < 1.29 is 4.79 Å². The lowest BCUT2D eigenvalue weighted by Crippen LogP contribution is -2.28. The standard InChI is InChI=1S/C19H22N4OS2.CH4/c1-3-25-17-12-21-15(11-22-17)16(24)10-13-5-4-6-14(9-13)19(2)7-8-26-18(20)23-19;/h4-6,9,11-12H,3,7-8,10H2,1-2H3,(H2,20,23);1H4/t19-;/m0./s1. The molecule has 1 aliphatic heterocycles. The smallest absolute Gasteiger partial charge is 0.187 e. The van der Waals surface area contributed by atoms with Crippen molar-refractivity contribution in [2.24, 2.45) is 10.7 Å². The number of benzene rings is 1. The molecule has 0 spiro atoms. The van der Waals surface area contributed by atoms with Gasteiger partial charge in [0.1, 0.15) is 10.7 Å². The molecule has 2 heterocycles. The number of nitrogens with two attached hydrogens (primary N) is 1. The summed E-state index contributed by atoms with van der Waals surface area (Å²) in [5.74, 6) is 1.85. The third-order valence-electron chi connectivity index (χ3n) is 4.32. The van der Waals surface area contributed by atoms with Gasteiger partial charge in [-0.2, -0.15) is 0 Å². The Morgan fingerprint density at radius 3 is 2.81 bits per heavy atom. The number of carbonyl (C=O) groups is 1. The van der Waals surface area contributed by atoms with E-state index in [4.69, 9.17) is 5.73 Å². The Kier molecular flexibility index (Phi) is 7.44. The van der Waals surface area contributed by atoms with E-state index in [0.29, 0.717) is 17.3 Å². The van der Waals surface area contributed by atoms with Gasteiger partial charge in [0.2, 0.25) is 0 Å². The third kappa shape index (κ3) is 5.32. The van der Waals surface area contributed by atoms with Gasteiger partial charge in [-0.15, -0.1) is 11.8 Å². The summed E-state index contributed by atoms with van der Waals surface area (Å²) in [6, 6.07) is 8.05. The summed E-state index contributed by atoms with van der Waals surface area (Å²) >= 11 is 3.20. The minimum absolute atomic E-state index is 0. The molecule has 1 aromatic heterocycles. The van der Waals surface area contributed by atoms with E-state index >= 15 is 0 Å². The highest BCUT2D eigenvalue weighted by molar-refractivity contribution is 8.13. The molecule has 2 N–H and O–H groups in total. The Morgan fingerprint density at radius 2 is 2.15 bits per heavy atom. The second-order valence-electron chi connectivity index (χ2n) is 6.30. The lowest BCUT2D eigenvalue weighted by Gasteiger charge is -2.30. The number of ketones is 1. The van der Waals surface area contributed by atoms with Crippen LogP contribution in [0.2, 0.25) is 0 Å². The molecule has 0 radical (unpaired) electrons. The van der Waals surface area contributed by atoms with Crippen LogP contribution in [0.25, 0.3) is 0 Å². The quantitative estimate of drug-likeness (QED) is 0.572. The first-order chi connectivity index (χ1) is 12.5. The van der Waals surface area contributed by atoms with Gasteiger partial charge in [-0.1, -0.05) is 50.4 Å². The molecule has 1 aliphatic rings. The zero-order valence-corrected chi connectivity index (χ0v) is 16.6. The van der Waals surface area contributed by atoms with Gasteiger partial charge in [0, 0.05) is 12.2 Å². The van der Waals surface area contributed by atoms with Crippen molar-refractivity contribution in [1.82, 2.24) is 9.97 Å². The average Bonchev–Trinajstić information content (AvgIpc) is 2.63. The summed E-state index contributed by atoms with van der Waals surface area (Å²) < 4.78 is 0. The number of Topliss-reactive ketones (excluding diaryl/α,β-unsaturated/α-hetero) is 1. The molecule has 0 fully saturated rings. The van der Waals surface area contributed by atoms with Crippen molar-refractivity contribution in [1.29, 1.82) is 0 Å². The average molecular weight is 403 g/mol. The number of nitrogens with zero attached hydrogens (tertiary/aromatic N) is 3. The van der Waals surface area contributed by atoms with Crippen molar-refractivity contribution >= 4 is 34.5 Å². The van der Waals surface area contributed by atoms with Gasteiger partial charge < -0.3 is 5.73 Å². The van der Waals surface area contributed by atoms with Crippen LogP contribution in [0, 0.1) is 0 Å². The molecule has 0 aliphatic carbocycles. The summed E-state index contributed by atoms with van der Waals surface area (Å²) in [6.07, 6.45) is 4.45. The number of hydrogen-bond donors (Lipinski definition) is 1. The summed E-state index contributed by atoms with van der Waals surface area (Å²) in [5, 5.41) is 1.46. The van der Waals surface area contributed by atoms with Crippen LogP contribution < -0.4 is 5.73 Å². The molecule has 3 rings (SSSR count). The predicted octanol–water partition coefficient (Wildman–Crippen LogP) is 4.32. The van der Waals surface area contributed by atoms with E-state index in [0.717, 1.165) is 34.1 Å². The van der Waals surface area contributed by atoms with Crippen LogP contribution in [0.4, 0.5) is 0 Å². The maximum atomic E-state index is 12.5. The molecular weight excluding hydrogens is 376 g/mol. The monoisotopic (exact) mass is 402 g/mol.